The third-order valence-corrected chi connectivity index (χ3v) is 4.16. The van der Waals surface area contributed by atoms with Gasteiger partial charge >= 0.3 is 0 Å². The van der Waals surface area contributed by atoms with E-state index in [4.69, 9.17) is 4.74 Å². The molecule has 96 valence electrons. The lowest BCUT2D eigenvalue weighted by Crippen LogP contribution is -1.98. The maximum Gasteiger partial charge on any atom is 0.140 e. The molecule has 5 heteroatoms. The van der Waals surface area contributed by atoms with Crippen LogP contribution in [0.3, 0.4) is 0 Å². The topological polar surface area (TPSA) is 42.4 Å². The molecule has 0 atom stereocenters. The van der Waals surface area contributed by atoms with E-state index in [0.717, 1.165) is 20.7 Å². The molecule has 0 bridgehead atoms. The quantitative estimate of drug-likeness (QED) is 0.933. The number of aromatic nitrogens is 1. The zero-order chi connectivity index (χ0) is 13.1. The van der Waals surface area contributed by atoms with E-state index in [1.807, 2.05) is 25.1 Å². The first-order valence-electron chi connectivity index (χ1n) is 5.55. The highest BCUT2D eigenvalue weighted by Gasteiger charge is 2.07. The molecule has 0 fully saturated rings. The van der Waals surface area contributed by atoms with Crippen molar-refractivity contribution in [1.82, 2.24) is 4.98 Å². The van der Waals surface area contributed by atoms with Gasteiger partial charge in [-0.05, 0) is 32.0 Å². The molecule has 0 unspecified atom stereocenters. The minimum Gasteiger partial charge on any atom is -0.486 e. The molecule has 0 spiro atoms. The van der Waals surface area contributed by atoms with Crippen molar-refractivity contribution in [3.63, 3.8) is 0 Å². The number of nitrogens with zero attached hydrogens (tertiary/aromatic N) is 1. The number of aliphatic hydroxyl groups is 1. The molecule has 1 N–H and O–H groups in total. The maximum absolute atomic E-state index is 9.27. The van der Waals surface area contributed by atoms with Gasteiger partial charge in [0.2, 0.25) is 0 Å². The number of halogens is 1. The largest absolute Gasteiger partial charge is 0.486 e. The molecule has 0 saturated heterocycles. The Morgan fingerprint density at radius 1 is 1.39 bits per heavy atom. The lowest BCUT2D eigenvalue weighted by molar-refractivity contribution is 0.258. The van der Waals surface area contributed by atoms with Crippen molar-refractivity contribution in [2.75, 3.05) is 0 Å². The van der Waals surface area contributed by atoms with Gasteiger partial charge in [-0.2, -0.15) is 0 Å². The van der Waals surface area contributed by atoms with Crippen molar-refractivity contribution in [3.05, 3.63) is 43.8 Å². The molecule has 0 aliphatic heterocycles. The highest BCUT2D eigenvalue weighted by atomic mass is 79.9. The molecule has 3 nitrogen and oxygen atoms in total. The van der Waals surface area contributed by atoms with Crippen LogP contribution in [-0.4, -0.2) is 10.1 Å². The third kappa shape index (κ3) is 3.10. The van der Waals surface area contributed by atoms with E-state index in [1.165, 1.54) is 4.88 Å². The van der Waals surface area contributed by atoms with Crippen molar-refractivity contribution < 1.29 is 9.84 Å². The summed E-state index contributed by atoms with van der Waals surface area (Å²) in [7, 11) is 0. The van der Waals surface area contributed by atoms with Crippen molar-refractivity contribution >= 4 is 27.3 Å². The fourth-order valence-corrected chi connectivity index (χ4v) is 2.81. The van der Waals surface area contributed by atoms with Gasteiger partial charge in [0.15, 0.2) is 0 Å². The van der Waals surface area contributed by atoms with Gasteiger partial charge in [-0.1, -0.05) is 15.9 Å². The van der Waals surface area contributed by atoms with Gasteiger partial charge in [0, 0.05) is 14.9 Å². The molecular weight excluding hydrogens is 314 g/mol. The highest BCUT2D eigenvalue weighted by molar-refractivity contribution is 9.10. The molecule has 1 aromatic carbocycles. The number of aliphatic hydroxyl groups excluding tert-OH is 1. The summed E-state index contributed by atoms with van der Waals surface area (Å²) in [5.41, 5.74) is 1.83. The Balaban J connectivity index is 2.10. The summed E-state index contributed by atoms with van der Waals surface area (Å²) < 4.78 is 6.63. The van der Waals surface area contributed by atoms with E-state index in [-0.39, 0.29) is 6.61 Å². The second-order valence-corrected chi connectivity index (χ2v) is 6.15. The SMILES string of the molecule is Cc1nc(COc2ccc(Br)cc2CO)sc1C. The van der Waals surface area contributed by atoms with Crippen molar-refractivity contribution in [3.8, 4) is 5.75 Å². The first kappa shape index (κ1) is 13.5. The zero-order valence-corrected chi connectivity index (χ0v) is 12.6. The second kappa shape index (κ2) is 5.82. The van der Waals surface area contributed by atoms with Crippen molar-refractivity contribution in [2.24, 2.45) is 0 Å². The summed E-state index contributed by atoms with van der Waals surface area (Å²) in [6.07, 6.45) is 0. The number of hydrogen-bond acceptors (Lipinski definition) is 4. The molecule has 1 aromatic heterocycles. The van der Waals surface area contributed by atoms with Crippen LogP contribution in [0.4, 0.5) is 0 Å². The number of rotatable bonds is 4. The van der Waals surface area contributed by atoms with Gasteiger partial charge in [-0.15, -0.1) is 11.3 Å². The minimum atomic E-state index is -0.0370. The Hall–Kier alpha value is -0.910. The van der Waals surface area contributed by atoms with Crippen LogP contribution in [0.1, 0.15) is 21.1 Å². The normalized spacial score (nSPS) is 10.7. The highest BCUT2D eigenvalue weighted by Crippen LogP contribution is 2.25. The van der Waals surface area contributed by atoms with Gasteiger partial charge in [0.25, 0.3) is 0 Å². The van der Waals surface area contributed by atoms with E-state index in [0.29, 0.717) is 12.4 Å². The summed E-state index contributed by atoms with van der Waals surface area (Å²) in [4.78, 5) is 5.63. The predicted octanol–water partition coefficient (Wildman–Crippen LogP) is 3.59. The molecule has 0 amide bonds. The smallest absolute Gasteiger partial charge is 0.140 e. The summed E-state index contributed by atoms with van der Waals surface area (Å²) in [5.74, 6) is 0.700. The number of hydrogen-bond donors (Lipinski definition) is 1. The summed E-state index contributed by atoms with van der Waals surface area (Å²) in [6, 6.07) is 5.60. The predicted molar refractivity (Wildman–Crippen MR) is 76.0 cm³/mol. The van der Waals surface area contributed by atoms with Crippen LogP contribution in [0.25, 0.3) is 0 Å². The number of ether oxygens (including phenoxy) is 1. The standard InChI is InChI=1S/C13H14BrNO2S/c1-8-9(2)18-13(15-8)7-17-12-4-3-11(14)5-10(12)6-16/h3-5,16H,6-7H2,1-2H3. The molecule has 1 heterocycles. The molecule has 2 aromatic rings. The lowest BCUT2D eigenvalue weighted by Gasteiger charge is -2.09. The van der Waals surface area contributed by atoms with E-state index in [2.05, 4.69) is 27.8 Å². The maximum atomic E-state index is 9.27. The van der Waals surface area contributed by atoms with Gasteiger partial charge in [0.05, 0.1) is 12.3 Å². The first-order chi connectivity index (χ1) is 8.60. The minimum absolute atomic E-state index is 0.0370. The Kier molecular flexibility index (Phi) is 4.37. The van der Waals surface area contributed by atoms with Crippen molar-refractivity contribution in [1.29, 1.82) is 0 Å². The summed E-state index contributed by atoms with van der Waals surface area (Å²) in [5, 5.41) is 10.2. The van der Waals surface area contributed by atoms with Crippen LogP contribution < -0.4 is 4.74 Å². The lowest BCUT2D eigenvalue weighted by atomic mass is 10.2. The molecule has 2 rings (SSSR count). The van der Waals surface area contributed by atoms with E-state index < -0.39 is 0 Å². The van der Waals surface area contributed by atoms with Gasteiger partial charge in [0.1, 0.15) is 17.4 Å². The van der Waals surface area contributed by atoms with Crippen LogP contribution in [0.2, 0.25) is 0 Å². The Morgan fingerprint density at radius 2 is 2.17 bits per heavy atom. The summed E-state index contributed by atoms with van der Waals surface area (Å²) >= 11 is 5.01. The molecular formula is C13H14BrNO2S. The Morgan fingerprint density at radius 3 is 2.78 bits per heavy atom. The van der Waals surface area contributed by atoms with E-state index >= 15 is 0 Å². The average molecular weight is 328 g/mol. The van der Waals surface area contributed by atoms with Gasteiger partial charge in [-0.25, -0.2) is 4.98 Å². The fraction of sp³-hybridized carbons (Fsp3) is 0.308. The van der Waals surface area contributed by atoms with Crippen LogP contribution in [0.5, 0.6) is 5.75 Å². The molecule has 0 saturated carbocycles. The van der Waals surface area contributed by atoms with E-state index in [1.54, 1.807) is 11.3 Å². The third-order valence-electron chi connectivity index (χ3n) is 2.62. The first-order valence-corrected chi connectivity index (χ1v) is 7.16. The van der Waals surface area contributed by atoms with Crippen LogP contribution in [-0.2, 0) is 13.2 Å². The molecule has 0 radical (unpaired) electrons. The van der Waals surface area contributed by atoms with Gasteiger partial charge in [-0.3, -0.25) is 0 Å². The molecule has 0 aliphatic carbocycles. The number of aryl methyl sites for hydroxylation is 2. The average Bonchev–Trinajstić information content (AvgIpc) is 2.67. The number of thiazole rings is 1. The van der Waals surface area contributed by atoms with Crippen molar-refractivity contribution in [2.45, 2.75) is 27.1 Å². The second-order valence-electron chi connectivity index (χ2n) is 3.95. The van der Waals surface area contributed by atoms with Crippen LogP contribution in [0.15, 0.2) is 22.7 Å². The van der Waals surface area contributed by atoms with Crippen LogP contribution in [0, 0.1) is 13.8 Å². The summed E-state index contributed by atoms with van der Waals surface area (Å²) in [6.45, 7) is 4.45. The van der Waals surface area contributed by atoms with Gasteiger partial charge < -0.3 is 9.84 Å². The van der Waals surface area contributed by atoms with Crippen LogP contribution >= 0.6 is 27.3 Å². The molecule has 18 heavy (non-hydrogen) atoms. The Labute approximate surface area is 119 Å². The Bertz CT molecular complexity index is 534. The fourth-order valence-electron chi connectivity index (χ4n) is 1.55. The monoisotopic (exact) mass is 327 g/mol. The molecule has 0 aliphatic rings. The van der Waals surface area contributed by atoms with E-state index in [9.17, 15) is 5.11 Å². The zero-order valence-electron chi connectivity index (χ0n) is 10.2. The number of benzene rings is 1.